The van der Waals surface area contributed by atoms with E-state index in [-0.39, 0.29) is 0 Å². The van der Waals surface area contributed by atoms with Crippen molar-refractivity contribution >= 4 is 17.9 Å². The minimum atomic E-state index is 0.451. The quantitative estimate of drug-likeness (QED) is 0.552. The van der Waals surface area contributed by atoms with E-state index in [1.165, 1.54) is 11.1 Å². The Labute approximate surface area is 147 Å². The zero-order valence-corrected chi connectivity index (χ0v) is 14.2. The lowest BCUT2D eigenvalue weighted by Crippen LogP contribution is -1.86. The topological polar surface area (TPSA) is 56.0 Å². The molecule has 0 spiro atoms. The summed E-state index contributed by atoms with van der Waals surface area (Å²) < 4.78 is 5.79. The number of unbranched alkanes of at least 4 members (excludes halogenated alkanes) is 1. The van der Waals surface area contributed by atoms with E-state index in [1.54, 1.807) is 24.3 Å². The molecule has 25 heavy (non-hydrogen) atoms. The smallest absolute Gasteiger partial charge is 0.248 e. The van der Waals surface area contributed by atoms with Gasteiger partial charge in [-0.1, -0.05) is 55.8 Å². The summed E-state index contributed by atoms with van der Waals surface area (Å²) in [5, 5.41) is 8.27. The van der Waals surface area contributed by atoms with E-state index in [2.05, 4.69) is 29.3 Å². The standard InChI is InChI=1S/C21H20N2O2/c1-2-3-7-19(17-8-5-4-6-9-17)14-20-22-23-21(25-20)18-12-10-16(15-24)11-13-18/h4-6,8-15H,2-3,7H2,1H3/b19-14-. The number of nitrogens with zero attached hydrogens (tertiary/aromatic N) is 2. The molecule has 4 nitrogen and oxygen atoms in total. The van der Waals surface area contributed by atoms with Crippen molar-refractivity contribution in [1.82, 2.24) is 10.2 Å². The van der Waals surface area contributed by atoms with Gasteiger partial charge < -0.3 is 4.42 Å². The van der Waals surface area contributed by atoms with E-state index >= 15 is 0 Å². The maximum Gasteiger partial charge on any atom is 0.248 e. The van der Waals surface area contributed by atoms with Gasteiger partial charge in [-0.3, -0.25) is 4.79 Å². The van der Waals surface area contributed by atoms with Gasteiger partial charge in [0, 0.05) is 17.2 Å². The summed E-state index contributed by atoms with van der Waals surface area (Å²) in [6.45, 7) is 2.18. The second-order valence-electron chi connectivity index (χ2n) is 5.82. The van der Waals surface area contributed by atoms with Crippen LogP contribution in [0.2, 0.25) is 0 Å². The number of rotatable bonds is 7. The zero-order valence-electron chi connectivity index (χ0n) is 14.2. The summed E-state index contributed by atoms with van der Waals surface area (Å²) in [6, 6.07) is 17.3. The van der Waals surface area contributed by atoms with Crippen LogP contribution in [-0.4, -0.2) is 16.5 Å². The molecule has 1 aromatic heterocycles. The first-order valence-electron chi connectivity index (χ1n) is 8.45. The van der Waals surface area contributed by atoms with Crippen molar-refractivity contribution in [3.8, 4) is 11.5 Å². The third-order valence-corrected chi connectivity index (χ3v) is 3.98. The lowest BCUT2D eigenvalue weighted by Gasteiger charge is -2.06. The molecule has 0 saturated carbocycles. The van der Waals surface area contributed by atoms with Gasteiger partial charge in [-0.05, 0) is 36.1 Å². The van der Waals surface area contributed by atoms with Crippen LogP contribution in [0.5, 0.6) is 0 Å². The second-order valence-corrected chi connectivity index (χ2v) is 5.82. The van der Waals surface area contributed by atoms with Gasteiger partial charge in [-0.15, -0.1) is 10.2 Å². The fourth-order valence-electron chi connectivity index (χ4n) is 2.58. The van der Waals surface area contributed by atoms with Gasteiger partial charge >= 0.3 is 0 Å². The molecule has 3 aromatic rings. The van der Waals surface area contributed by atoms with Crippen LogP contribution < -0.4 is 0 Å². The third-order valence-electron chi connectivity index (χ3n) is 3.98. The lowest BCUT2D eigenvalue weighted by atomic mass is 10.00. The van der Waals surface area contributed by atoms with Gasteiger partial charge in [0.25, 0.3) is 0 Å². The van der Waals surface area contributed by atoms with Crippen molar-refractivity contribution in [2.75, 3.05) is 0 Å². The molecule has 2 aromatic carbocycles. The molecule has 0 amide bonds. The normalized spacial score (nSPS) is 11.5. The fourth-order valence-corrected chi connectivity index (χ4v) is 2.58. The summed E-state index contributed by atoms with van der Waals surface area (Å²) in [5.41, 5.74) is 3.78. The average Bonchev–Trinajstić information content (AvgIpc) is 3.14. The summed E-state index contributed by atoms with van der Waals surface area (Å²) in [6.07, 6.45) is 5.97. The van der Waals surface area contributed by atoms with Crippen LogP contribution in [0.4, 0.5) is 0 Å². The SMILES string of the molecule is CCCC/C(=C/c1nnc(-c2ccc(C=O)cc2)o1)c1ccccc1. The van der Waals surface area contributed by atoms with E-state index < -0.39 is 0 Å². The average molecular weight is 332 g/mol. The predicted molar refractivity (Wildman–Crippen MR) is 99.0 cm³/mol. The Bertz CT molecular complexity index is 849. The Kier molecular flexibility index (Phi) is 5.52. The first-order valence-corrected chi connectivity index (χ1v) is 8.45. The molecule has 0 aliphatic carbocycles. The molecule has 0 unspecified atom stereocenters. The molecule has 3 rings (SSSR count). The molecule has 0 fully saturated rings. The van der Waals surface area contributed by atoms with Crippen molar-refractivity contribution in [3.05, 3.63) is 71.6 Å². The molecule has 0 N–H and O–H groups in total. The van der Waals surface area contributed by atoms with Crippen molar-refractivity contribution < 1.29 is 9.21 Å². The van der Waals surface area contributed by atoms with E-state index in [0.717, 1.165) is 31.1 Å². The van der Waals surface area contributed by atoms with E-state index in [0.29, 0.717) is 17.3 Å². The fraction of sp³-hybridized carbons (Fsp3) is 0.190. The molecule has 126 valence electrons. The van der Waals surface area contributed by atoms with Crippen LogP contribution >= 0.6 is 0 Å². The number of carbonyl (C=O) groups excluding carboxylic acids is 1. The van der Waals surface area contributed by atoms with Crippen LogP contribution in [-0.2, 0) is 0 Å². The van der Waals surface area contributed by atoms with Crippen LogP contribution in [0, 0.1) is 0 Å². The number of hydrogen-bond acceptors (Lipinski definition) is 4. The van der Waals surface area contributed by atoms with Gasteiger partial charge in [0.05, 0.1) is 0 Å². The molecule has 0 aliphatic rings. The van der Waals surface area contributed by atoms with Gasteiger partial charge in [0.1, 0.15) is 6.29 Å². The number of allylic oxidation sites excluding steroid dienone is 1. The zero-order chi connectivity index (χ0) is 17.5. The number of aromatic nitrogens is 2. The van der Waals surface area contributed by atoms with Crippen LogP contribution in [0.15, 0.2) is 59.0 Å². The van der Waals surface area contributed by atoms with Gasteiger partial charge in [0.2, 0.25) is 11.8 Å². The predicted octanol–water partition coefficient (Wildman–Crippen LogP) is 5.28. The molecular formula is C21H20N2O2. The maximum atomic E-state index is 10.7. The Hall–Kier alpha value is -3.01. The summed E-state index contributed by atoms with van der Waals surface area (Å²) in [7, 11) is 0. The first kappa shape index (κ1) is 16.8. The van der Waals surface area contributed by atoms with Crippen molar-refractivity contribution in [2.24, 2.45) is 0 Å². The monoisotopic (exact) mass is 332 g/mol. The highest BCUT2D eigenvalue weighted by Crippen LogP contribution is 2.25. The molecule has 0 saturated heterocycles. The molecule has 1 heterocycles. The highest BCUT2D eigenvalue weighted by Gasteiger charge is 2.09. The summed E-state index contributed by atoms with van der Waals surface area (Å²) in [5.74, 6) is 0.941. The molecule has 0 bridgehead atoms. The number of carbonyl (C=O) groups is 1. The number of aldehydes is 1. The summed E-state index contributed by atoms with van der Waals surface area (Å²) >= 11 is 0. The largest absolute Gasteiger partial charge is 0.417 e. The molecule has 4 heteroatoms. The van der Waals surface area contributed by atoms with E-state index in [4.69, 9.17) is 4.42 Å². The van der Waals surface area contributed by atoms with Gasteiger partial charge in [0.15, 0.2) is 0 Å². The third kappa shape index (κ3) is 4.29. The second kappa shape index (κ2) is 8.20. The Balaban J connectivity index is 1.87. The Morgan fingerprint density at radius 3 is 2.48 bits per heavy atom. The summed E-state index contributed by atoms with van der Waals surface area (Å²) in [4.78, 5) is 10.7. The molecular weight excluding hydrogens is 312 g/mol. The molecule has 0 aliphatic heterocycles. The minimum absolute atomic E-state index is 0.451. The number of hydrogen-bond donors (Lipinski definition) is 0. The highest BCUT2D eigenvalue weighted by molar-refractivity contribution is 5.79. The number of benzene rings is 2. The lowest BCUT2D eigenvalue weighted by molar-refractivity contribution is 0.112. The highest BCUT2D eigenvalue weighted by atomic mass is 16.4. The van der Waals surface area contributed by atoms with Crippen molar-refractivity contribution in [2.45, 2.75) is 26.2 Å². The van der Waals surface area contributed by atoms with Gasteiger partial charge in [-0.2, -0.15) is 0 Å². The minimum Gasteiger partial charge on any atom is -0.417 e. The van der Waals surface area contributed by atoms with Crippen molar-refractivity contribution in [1.29, 1.82) is 0 Å². The van der Waals surface area contributed by atoms with Crippen molar-refractivity contribution in [3.63, 3.8) is 0 Å². The maximum absolute atomic E-state index is 10.7. The molecule has 0 radical (unpaired) electrons. The Morgan fingerprint density at radius 2 is 1.80 bits per heavy atom. The first-order chi connectivity index (χ1) is 12.3. The van der Waals surface area contributed by atoms with E-state index in [9.17, 15) is 4.79 Å². The van der Waals surface area contributed by atoms with E-state index in [1.807, 2.05) is 24.3 Å². The molecule has 0 atom stereocenters. The van der Waals surface area contributed by atoms with Crippen LogP contribution in [0.25, 0.3) is 23.1 Å². The van der Waals surface area contributed by atoms with Gasteiger partial charge in [-0.25, -0.2) is 0 Å². The Morgan fingerprint density at radius 1 is 1.04 bits per heavy atom. The van der Waals surface area contributed by atoms with Crippen LogP contribution in [0.1, 0.15) is 48.0 Å². The van der Waals surface area contributed by atoms with Crippen LogP contribution in [0.3, 0.4) is 0 Å².